The Morgan fingerprint density at radius 1 is 1.15 bits per heavy atom. The quantitative estimate of drug-likeness (QED) is 0.760. The van der Waals surface area contributed by atoms with E-state index in [9.17, 15) is 9.90 Å². The van der Waals surface area contributed by atoms with E-state index in [2.05, 4.69) is 20.9 Å². The first kappa shape index (κ1) is 12.8. The Bertz CT molecular complexity index is 809. The summed E-state index contributed by atoms with van der Waals surface area (Å²) in [5.74, 6) is -0.944. The molecule has 1 heterocycles. The molecular formula is C16H10BrNO2. The number of hydrogen-bond donors (Lipinski definition) is 1. The predicted octanol–water partition coefficient (Wildman–Crippen LogP) is 4.36. The molecule has 0 fully saturated rings. The zero-order valence-electron chi connectivity index (χ0n) is 10.4. The molecule has 0 saturated carbocycles. The Morgan fingerprint density at radius 3 is 2.80 bits per heavy atom. The minimum absolute atomic E-state index is 0.258. The Balaban J connectivity index is 2.26. The second-order valence-electron chi connectivity index (χ2n) is 4.40. The van der Waals surface area contributed by atoms with Crippen molar-refractivity contribution >= 4 is 32.7 Å². The molecule has 0 aliphatic heterocycles. The number of rotatable bonds is 2. The number of halogens is 1. The summed E-state index contributed by atoms with van der Waals surface area (Å²) in [5.41, 5.74) is 2.14. The summed E-state index contributed by atoms with van der Waals surface area (Å²) in [6, 6.07) is 13.2. The largest absolute Gasteiger partial charge is 0.478 e. The number of carboxylic acids is 1. The summed E-state index contributed by atoms with van der Waals surface area (Å²) in [4.78, 5) is 15.3. The predicted molar refractivity (Wildman–Crippen MR) is 81.8 cm³/mol. The Hall–Kier alpha value is -2.20. The molecule has 3 rings (SSSR count). The highest BCUT2D eigenvalue weighted by atomic mass is 79.9. The number of fused-ring (bicyclic) bond motifs is 1. The van der Waals surface area contributed by atoms with E-state index in [0.717, 1.165) is 21.9 Å². The van der Waals surface area contributed by atoms with Crippen molar-refractivity contribution in [3.05, 3.63) is 64.9 Å². The molecule has 4 heteroatoms. The van der Waals surface area contributed by atoms with Crippen molar-refractivity contribution in [2.45, 2.75) is 0 Å². The van der Waals surface area contributed by atoms with Crippen molar-refractivity contribution in [3.63, 3.8) is 0 Å². The monoisotopic (exact) mass is 327 g/mol. The van der Waals surface area contributed by atoms with Crippen LogP contribution in [-0.2, 0) is 0 Å². The van der Waals surface area contributed by atoms with Gasteiger partial charge in [-0.15, -0.1) is 0 Å². The van der Waals surface area contributed by atoms with Crippen LogP contribution in [0.3, 0.4) is 0 Å². The molecule has 0 unspecified atom stereocenters. The van der Waals surface area contributed by atoms with Crippen molar-refractivity contribution in [1.29, 1.82) is 0 Å². The number of hydrogen-bond acceptors (Lipinski definition) is 2. The van der Waals surface area contributed by atoms with Gasteiger partial charge in [-0.25, -0.2) is 4.79 Å². The Labute approximate surface area is 124 Å². The number of nitrogens with zero attached hydrogens (tertiary/aromatic N) is 1. The Morgan fingerprint density at radius 2 is 2.00 bits per heavy atom. The first-order valence-corrected chi connectivity index (χ1v) is 6.82. The van der Waals surface area contributed by atoms with Crippen LogP contribution in [0.2, 0.25) is 0 Å². The zero-order chi connectivity index (χ0) is 14.1. The highest BCUT2D eigenvalue weighted by Crippen LogP contribution is 2.30. The van der Waals surface area contributed by atoms with Crippen LogP contribution in [-0.4, -0.2) is 16.1 Å². The second kappa shape index (κ2) is 5.06. The van der Waals surface area contributed by atoms with Gasteiger partial charge in [0.15, 0.2) is 0 Å². The number of aromatic nitrogens is 1. The first-order valence-electron chi connectivity index (χ1n) is 6.03. The van der Waals surface area contributed by atoms with Crippen LogP contribution in [0.1, 0.15) is 10.4 Å². The summed E-state index contributed by atoms with van der Waals surface area (Å²) in [6.45, 7) is 0. The van der Waals surface area contributed by atoms with Crippen molar-refractivity contribution in [2.24, 2.45) is 0 Å². The molecule has 98 valence electrons. The topological polar surface area (TPSA) is 50.2 Å². The molecule has 0 spiro atoms. The van der Waals surface area contributed by atoms with Crippen LogP contribution in [0.15, 0.2) is 59.3 Å². The van der Waals surface area contributed by atoms with E-state index in [0.29, 0.717) is 4.47 Å². The van der Waals surface area contributed by atoms with Gasteiger partial charge in [-0.2, -0.15) is 0 Å². The average molecular weight is 328 g/mol. The van der Waals surface area contributed by atoms with Gasteiger partial charge in [0.25, 0.3) is 0 Å². The van der Waals surface area contributed by atoms with Gasteiger partial charge >= 0.3 is 5.97 Å². The highest BCUT2D eigenvalue weighted by molar-refractivity contribution is 9.10. The van der Waals surface area contributed by atoms with Crippen molar-refractivity contribution < 1.29 is 9.90 Å². The van der Waals surface area contributed by atoms with Crippen LogP contribution < -0.4 is 0 Å². The van der Waals surface area contributed by atoms with E-state index in [1.165, 1.54) is 0 Å². The molecule has 0 bridgehead atoms. The third-order valence-electron chi connectivity index (χ3n) is 3.19. The van der Waals surface area contributed by atoms with Crippen LogP contribution in [0, 0.1) is 0 Å². The van der Waals surface area contributed by atoms with Crippen LogP contribution in [0.5, 0.6) is 0 Å². The van der Waals surface area contributed by atoms with Crippen molar-refractivity contribution in [2.75, 3.05) is 0 Å². The summed E-state index contributed by atoms with van der Waals surface area (Å²) in [7, 11) is 0. The molecule has 0 saturated heterocycles. The molecule has 3 nitrogen and oxygen atoms in total. The number of carbonyl (C=O) groups is 1. The summed E-state index contributed by atoms with van der Waals surface area (Å²) >= 11 is 3.26. The van der Waals surface area contributed by atoms with Gasteiger partial charge in [-0.3, -0.25) is 4.98 Å². The van der Waals surface area contributed by atoms with Crippen molar-refractivity contribution in [3.8, 4) is 11.1 Å². The lowest BCUT2D eigenvalue weighted by Crippen LogP contribution is -1.98. The molecule has 0 atom stereocenters. The number of benzene rings is 2. The maximum Gasteiger partial charge on any atom is 0.336 e. The fourth-order valence-corrected chi connectivity index (χ4v) is 2.65. The number of aromatic carboxylic acids is 1. The van der Waals surface area contributed by atoms with Crippen LogP contribution in [0.4, 0.5) is 0 Å². The molecule has 0 aliphatic carbocycles. The fraction of sp³-hybridized carbons (Fsp3) is 0. The Kier molecular flexibility index (Phi) is 3.24. The molecule has 3 aromatic rings. The molecule has 2 aromatic carbocycles. The second-order valence-corrected chi connectivity index (χ2v) is 5.26. The SMILES string of the molecule is O=C(O)c1cc(-c2cccc3cnccc23)ccc1Br. The van der Waals surface area contributed by atoms with E-state index in [-0.39, 0.29) is 5.56 Å². The van der Waals surface area contributed by atoms with Gasteiger partial charge in [0.1, 0.15) is 0 Å². The molecule has 0 amide bonds. The standard InChI is InChI=1S/C16H10BrNO2/c17-15-5-4-10(8-14(15)16(19)20)12-3-1-2-11-9-18-7-6-13(11)12/h1-9H,(H,19,20). The summed E-state index contributed by atoms with van der Waals surface area (Å²) in [6.07, 6.45) is 3.54. The third-order valence-corrected chi connectivity index (χ3v) is 3.88. The van der Waals surface area contributed by atoms with Gasteiger partial charge in [0, 0.05) is 22.3 Å². The fourth-order valence-electron chi connectivity index (χ4n) is 2.23. The van der Waals surface area contributed by atoms with E-state index in [4.69, 9.17) is 0 Å². The zero-order valence-corrected chi connectivity index (χ0v) is 12.0. The van der Waals surface area contributed by atoms with Crippen LogP contribution in [0.25, 0.3) is 21.9 Å². The molecule has 20 heavy (non-hydrogen) atoms. The lowest BCUT2D eigenvalue weighted by molar-refractivity contribution is 0.0696. The lowest BCUT2D eigenvalue weighted by Gasteiger charge is -2.08. The molecule has 1 aromatic heterocycles. The molecular weight excluding hydrogens is 318 g/mol. The molecule has 0 radical (unpaired) electrons. The lowest BCUT2D eigenvalue weighted by atomic mass is 9.98. The van der Waals surface area contributed by atoms with Gasteiger partial charge in [-0.1, -0.05) is 24.3 Å². The van der Waals surface area contributed by atoms with Gasteiger partial charge in [-0.05, 0) is 50.6 Å². The van der Waals surface area contributed by atoms with Gasteiger partial charge < -0.3 is 5.11 Å². The summed E-state index contributed by atoms with van der Waals surface area (Å²) in [5, 5.41) is 11.3. The summed E-state index contributed by atoms with van der Waals surface area (Å²) < 4.78 is 0.579. The first-order chi connectivity index (χ1) is 9.66. The van der Waals surface area contributed by atoms with Gasteiger partial charge in [0.05, 0.1) is 5.56 Å². The smallest absolute Gasteiger partial charge is 0.336 e. The number of pyridine rings is 1. The minimum atomic E-state index is -0.944. The van der Waals surface area contributed by atoms with E-state index in [1.54, 1.807) is 24.5 Å². The third kappa shape index (κ3) is 2.18. The van der Waals surface area contributed by atoms with E-state index in [1.807, 2.05) is 30.3 Å². The maximum atomic E-state index is 11.2. The van der Waals surface area contributed by atoms with E-state index < -0.39 is 5.97 Å². The minimum Gasteiger partial charge on any atom is -0.478 e. The maximum absolute atomic E-state index is 11.2. The van der Waals surface area contributed by atoms with Crippen molar-refractivity contribution in [1.82, 2.24) is 4.98 Å². The number of carboxylic acid groups (broad SMARTS) is 1. The van der Waals surface area contributed by atoms with Crippen LogP contribution >= 0.6 is 15.9 Å². The molecule has 1 N–H and O–H groups in total. The van der Waals surface area contributed by atoms with Gasteiger partial charge in [0.2, 0.25) is 0 Å². The highest BCUT2D eigenvalue weighted by Gasteiger charge is 2.11. The molecule has 0 aliphatic rings. The van der Waals surface area contributed by atoms with E-state index >= 15 is 0 Å². The normalized spacial score (nSPS) is 10.7. The average Bonchev–Trinajstić information content (AvgIpc) is 2.47.